The van der Waals surface area contributed by atoms with E-state index in [2.05, 4.69) is 5.32 Å². The van der Waals surface area contributed by atoms with Crippen LogP contribution < -0.4 is 5.32 Å². The van der Waals surface area contributed by atoms with Gasteiger partial charge in [-0.25, -0.2) is 0 Å². The minimum Gasteiger partial charge on any atom is -0.480 e. The number of hydrogen-bond donors (Lipinski definition) is 2. The van der Waals surface area contributed by atoms with E-state index in [1.165, 1.54) is 11.8 Å². The van der Waals surface area contributed by atoms with Crippen LogP contribution in [0.3, 0.4) is 0 Å². The van der Waals surface area contributed by atoms with Crippen LogP contribution in [0.25, 0.3) is 0 Å². The number of amides is 1. The highest BCUT2D eigenvalue weighted by Gasteiger charge is 2.25. The quantitative estimate of drug-likeness (QED) is 0.526. The zero-order chi connectivity index (χ0) is 9.14. The lowest BCUT2D eigenvalue weighted by atomic mass is 10.2. The SMILES string of the molecule is CC(=O)N1CCN[C@H](C(=O)O)C1. The Morgan fingerprint density at radius 2 is 2.25 bits per heavy atom. The van der Waals surface area contributed by atoms with Gasteiger partial charge in [-0.3, -0.25) is 9.59 Å². The highest BCUT2D eigenvalue weighted by molar-refractivity contribution is 5.77. The Balaban J connectivity index is 2.51. The maximum atomic E-state index is 10.9. The number of carboxylic acids is 1. The summed E-state index contributed by atoms with van der Waals surface area (Å²) in [7, 11) is 0. The van der Waals surface area contributed by atoms with E-state index in [1.807, 2.05) is 0 Å². The topological polar surface area (TPSA) is 69.6 Å². The molecule has 0 saturated carbocycles. The number of carboxylic acid groups (broad SMARTS) is 1. The Morgan fingerprint density at radius 1 is 1.58 bits per heavy atom. The molecule has 0 spiro atoms. The zero-order valence-corrected chi connectivity index (χ0v) is 6.91. The molecule has 0 bridgehead atoms. The average molecular weight is 172 g/mol. The van der Waals surface area contributed by atoms with E-state index < -0.39 is 12.0 Å². The highest BCUT2D eigenvalue weighted by Crippen LogP contribution is 1.99. The molecule has 1 saturated heterocycles. The summed E-state index contributed by atoms with van der Waals surface area (Å²) in [5, 5.41) is 11.4. The van der Waals surface area contributed by atoms with Gasteiger partial charge in [0.2, 0.25) is 5.91 Å². The summed E-state index contributed by atoms with van der Waals surface area (Å²) in [6.45, 7) is 2.87. The Labute approximate surface area is 70.4 Å². The second-order valence-corrected chi connectivity index (χ2v) is 2.81. The first-order valence-corrected chi connectivity index (χ1v) is 3.83. The molecule has 0 unspecified atom stereocenters. The van der Waals surface area contributed by atoms with Gasteiger partial charge in [-0.15, -0.1) is 0 Å². The molecule has 1 heterocycles. The number of aliphatic carboxylic acids is 1. The van der Waals surface area contributed by atoms with Crippen molar-refractivity contribution < 1.29 is 14.7 Å². The van der Waals surface area contributed by atoms with Crippen molar-refractivity contribution in [2.24, 2.45) is 0 Å². The minimum absolute atomic E-state index is 0.0669. The van der Waals surface area contributed by atoms with Crippen LogP contribution in [0.5, 0.6) is 0 Å². The van der Waals surface area contributed by atoms with Crippen LogP contribution in [-0.2, 0) is 9.59 Å². The van der Waals surface area contributed by atoms with Crippen LogP contribution in [0.2, 0.25) is 0 Å². The van der Waals surface area contributed by atoms with Crippen molar-refractivity contribution in [2.75, 3.05) is 19.6 Å². The second-order valence-electron chi connectivity index (χ2n) is 2.81. The Bertz CT molecular complexity index is 185. The normalized spacial score (nSPS) is 23.8. The van der Waals surface area contributed by atoms with Crippen LogP contribution in [0, 0.1) is 0 Å². The molecule has 5 nitrogen and oxygen atoms in total. The third kappa shape index (κ3) is 1.94. The molecule has 1 amide bonds. The molecule has 68 valence electrons. The molecule has 0 aromatic heterocycles. The van der Waals surface area contributed by atoms with Crippen molar-refractivity contribution in [3.8, 4) is 0 Å². The third-order valence-electron chi connectivity index (χ3n) is 1.92. The maximum absolute atomic E-state index is 10.9. The number of rotatable bonds is 1. The number of carbonyl (C=O) groups is 2. The lowest BCUT2D eigenvalue weighted by molar-refractivity contribution is -0.142. The largest absolute Gasteiger partial charge is 0.480 e. The number of hydrogen-bond acceptors (Lipinski definition) is 3. The predicted molar refractivity (Wildman–Crippen MR) is 41.7 cm³/mol. The van der Waals surface area contributed by atoms with Gasteiger partial charge in [0.05, 0.1) is 0 Å². The number of nitrogens with one attached hydrogen (secondary N) is 1. The molecule has 0 aromatic carbocycles. The first-order valence-electron chi connectivity index (χ1n) is 3.83. The van der Waals surface area contributed by atoms with Gasteiger partial charge in [-0.2, -0.15) is 0 Å². The smallest absolute Gasteiger partial charge is 0.322 e. The third-order valence-corrected chi connectivity index (χ3v) is 1.92. The van der Waals surface area contributed by atoms with Gasteiger partial charge in [0.1, 0.15) is 6.04 Å². The van der Waals surface area contributed by atoms with Gasteiger partial charge in [0, 0.05) is 26.6 Å². The van der Waals surface area contributed by atoms with Gasteiger partial charge in [-0.1, -0.05) is 0 Å². The van der Waals surface area contributed by atoms with Crippen molar-refractivity contribution in [1.29, 1.82) is 0 Å². The van der Waals surface area contributed by atoms with Gasteiger partial charge in [-0.05, 0) is 0 Å². The lowest BCUT2D eigenvalue weighted by Gasteiger charge is -2.30. The number of carbonyl (C=O) groups excluding carboxylic acids is 1. The summed E-state index contributed by atoms with van der Waals surface area (Å²) in [6.07, 6.45) is 0. The average Bonchev–Trinajstić information content (AvgIpc) is 2.04. The lowest BCUT2D eigenvalue weighted by Crippen LogP contribution is -2.55. The van der Waals surface area contributed by atoms with Crippen LogP contribution >= 0.6 is 0 Å². The summed E-state index contributed by atoms with van der Waals surface area (Å²) >= 11 is 0. The fraction of sp³-hybridized carbons (Fsp3) is 0.714. The standard InChI is InChI=1S/C7H12N2O3/c1-5(10)9-3-2-8-6(4-9)7(11)12/h6,8H,2-4H2,1H3,(H,11,12)/t6-/m0/s1. The molecule has 0 radical (unpaired) electrons. The van der Waals surface area contributed by atoms with Gasteiger partial charge < -0.3 is 15.3 Å². The van der Waals surface area contributed by atoms with Gasteiger partial charge >= 0.3 is 5.97 Å². The summed E-state index contributed by atoms with van der Waals surface area (Å²) in [6, 6.07) is -0.609. The molecule has 12 heavy (non-hydrogen) atoms. The van der Waals surface area contributed by atoms with E-state index in [0.717, 1.165) is 0 Å². The molecule has 1 rings (SSSR count). The minimum atomic E-state index is -0.902. The molecule has 5 heteroatoms. The van der Waals surface area contributed by atoms with Crippen molar-refractivity contribution in [3.63, 3.8) is 0 Å². The molecule has 2 N–H and O–H groups in total. The predicted octanol–water partition coefficient (Wildman–Crippen LogP) is -1.11. The number of piperazine rings is 1. The molecule has 1 atom stereocenters. The van der Waals surface area contributed by atoms with E-state index in [9.17, 15) is 9.59 Å². The first kappa shape index (κ1) is 8.99. The number of nitrogens with zero attached hydrogens (tertiary/aromatic N) is 1. The molecule has 0 aliphatic carbocycles. The summed E-state index contributed by atoms with van der Waals surface area (Å²) in [4.78, 5) is 22.9. The Kier molecular flexibility index (Phi) is 2.65. The van der Waals surface area contributed by atoms with Crippen molar-refractivity contribution in [1.82, 2.24) is 10.2 Å². The molecule has 0 aromatic rings. The molecular formula is C7H12N2O3. The van der Waals surface area contributed by atoms with Gasteiger partial charge in [0.25, 0.3) is 0 Å². The Hall–Kier alpha value is -1.10. The maximum Gasteiger partial charge on any atom is 0.322 e. The highest BCUT2D eigenvalue weighted by atomic mass is 16.4. The van der Waals surface area contributed by atoms with Gasteiger partial charge in [0.15, 0.2) is 0 Å². The van der Waals surface area contributed by atoms with Crippen LogP contribution in [0.1, 0.15) is 6.92 Å². The summed E-state index contributed by atoms with van der Waals surface area (Å²) < 4.78 is 0. The first-order chi connectivity index (χ1) is 5.61. The van der Waals surface area contributed by atoms with E-state index in [1.54, 1.807) is 0 Å². The molecule has 1 fully saturated rings. The van der Waals surface area contributed by atoms with Crippen LogP contribution in [0.4, 0.5) is 0 Å². The van der Waals surface area contributed by atoms with E-state index in [4.69, 9.17) is 5.11 Å². The Morgan fingerprint density at radius 3 is 2.75 bits per heavy atom. The summed E-state index contributed by atoms with van der Waals surface area (Å²) in [5.74, 6) is -0.969. The van der Waals surface area contributed by atoms with E-state index in [0.29, 0.717) is 13.1 Å². The zero-order valence-electron chi connectivity index (χ0n) is 6.91. The summed E-state index contributed by atoms with van der Waals surface area (Å²) in [5.41, 5.74) is 0. The fourth-order valence-electron chi connectivity index (χ4n) is 1.20. The van der Waals surface area contributed by atoms with E-state index in [-0.39, 0.29) is 12.5 Å². The van der Waals surface area contributed by atoms with Crippen LogP contribution in [0.15, 0.2) is 0 Å². The molecular weight excluding hydrogens is 160 g/mol. The monoisotopic (exact) mass is 172 g/mol. The van der Waals surface area contributed by atoms with Crippen molar-refractivity contribution in [3.05, 3.63) is 0 Å². The fourth-order valence-corrected chi connectivity index (χ4v) is 1.20. The molecule has 1 aliphatic heterocycles. The molecule has 1 aliphatic rings. The second kappa shape index (κ2) is 3.53. The van der Waals surface area contributed by atoms with Crippen molar-refractivity contribution in [2.45, 2.75) is 13.0 Å². The van der Waals surface area contributed by atoms with E-state index >= 15 is 0 Å². The van der Waals surface area contributed by atoms with Crippen molar-refractivity contribution >= 4 is 11.9 Å². The van der Waals surface area contributed by atoms with Crippen LogP contribution in [-0.4, -0.2) is 47.6 Å².